The predicted molar refractivity (Wildman–Crippen MR) is 52.7 cm³/mol. The minimum absolute atomic E-state index is 0.00945. The third-order valence-corrected chi connectivity index (χ3v) is 2.02. The fourth-order valence-electron chi connectivity index (χ4n) is 1.20. The van der Waals surface area contributed by atoms with E-state index in [0.29, 0.717) is 5.90 Å². The first-order valence-electron chi connectivity index (χ1n) is 4.27. The minimum atomic E-state index is 0.00945. The zero-order chi connectivity index (χ0) is 9.26. The van der Waals surface area contributed by atoms with Gasteiger partial charge in [-0.15, -0.1) is 0 Å². The summed E-state index contributed by atoms with van der Waals surface area (Å²) in [6.45, 7) is 5.74. The largest absolute Gasteiger partial charge is 0.468 e. The van der Waals surface area contributed by atoms with Crippen LogP contribution in [0.3, 0.4) is 0 Å². The number of hydrogen-bond donors (Lipinski definition) is 0. The first-order valence-corrected chi connectivity index (χ1v) is 4.27. The van der Waals surface area contributed by atoms with Crippen LogP contribution in [0.2, 0.25) is 0 Å². The topological polar surface area (TPSA) is 21.6 Å². The van der Waals surface area contributed by atoms with Crippen molar-refractivity contribution in [2.75, 3.05) is 0 Å². The van der Waals surface area contributed by atoms with Gasteiger partial charge in [0.15, 0.2) is 0 Å². The second kappa shape index (κ2) is 3.05. The molecule has 0 radical (unpaired) electrons. The molecule has 2 nitrogen and oxygen atoms in total. The van der Waals surface area contributed by atoms with Crippen molar-refractivity contribution in [1.29, 1.82) is 0 Å². The molecular weight excluding hydrogens is 162 g/mol. The highest BCUT2D eigenvalue weighted by molar-refractivity contribution is 5.96. The van der Waals surface area contributed by atoms with E-state index in [4.69, 9.17) is 4.74 Å². The Balaban J connectivity index is 2.30. The minimum Gasteiger partial charge on any atom is -0.468 e. The lowest BCUT2D eigenvalue weighted by molar-refractivity contribution is 0.267. The first kappa shape index (κ1) is 8.05. The highest BCUT2D eigenvalue weighted by Crippen LogP contribution is 2.18. The summed E-state index contributed by atoms with van der Waals surface area (Å²) in [5.41, 5.74) is 1.80. The highest BCUT2D eigenvalue weighted by Gasteiger charge is 2.19. The maximum Gasteiger partial charge on any atom is 0.221 e. The summed E-state index contributed by atoms with van der Waals surface area (Å²) >= 11 is 0. The Bertz CT molecular complexity index is 354. The molecule has 0 N–H and O–H groups in total. The fraction of sp³-hybridized carbons (Fsp3) is 0.182. The molecule has 1 aromatic carbocycles. The molecule has 2 rings (SSSR count). The van der Waals surface area contributed by atoms with Gasteiger partial charge >= 0.3 is 0 Å². The molecular formula is C11H11NO. The summed E-state index contributed by atoms with van der Waals surface area (Å²) in [5, 5.41) is 0. The monoisotopic (exact) mass is 173 g/mol. The highest BCUT2D eigenvalue weighted by atomic mass is 16.5. The third kappa shape index (κ3) is 1.47. The number of rotatable bonds is 1. The fourth-order valence-corrected chi connectivity index (χ4v) is 1.20. The average molecular weight is 173 g/mol. The molecule has 0 bridgehead atoms. The maximum absolute atomic E-state index is 5.51. The van der Waals surface area contributed by atoms with Crippen LogP contribution in [0.15, 0.2) is 47.6 Å². The lowest BCUT2D eigenvalue weighted by Crippen LogP contribution is -2.07. The molecule has 1 aliphatic rings. The van der Waals surface area contributed by atoms with Crippen LogP contribution in [-0.2, 0) is 4.74 Å². The van der Waals surface area contributed by atoms with Gasteiger partial charge < -0.3 is 4.74 Å². The van der Waals surface area contributed by atoms with E-state index in [1.165, 1.54) is 0 Å². The SMILES string of the molecule is C=C1N=C(c2ccccc2)OC1C. The molecule has 66 valence electrons. The second-order valence-corrected chi connectivity index (χ2v) is 3.03. The van der Waals surface area contributed by atoms with Crippen LogP contribution in [-0.4, -0.2) is 12.0 Å². The van der Waals surface area contributed by atoms with Crippen LogP contribution >= 0.6 is 0 Å². The molecule has 0 amide bonds. The average Bonchev–Trinajstić information content (AvgIpc) is 2.49. The molecule has 0 spiro atoms. The van der Waals surface area contributed by atoms with E-state index >= 15 is 0 Å². The van der Waals surface area contributed by atoms with Gasteiger partial charge in [0.2, 0.25) is 5.90 Å². The van der Waals surface area contributed by atoms with E-state index in [1.54, 1.807) is 0 Å². The molecule has 0 fully saturated rings. The maximum atomic E-state index is 5.51. The second-order valence-electron chi connectivity index (χ2n) is 3.03. The van der Waals surface area contributed by atoms with E-state index in [9.17, 15) is 0 Å². The summed E-state index contributed by atoms with van der Waals surface area (Å²) in [7, 11) is 0. The molecule has 0 saturated heterocycles. The van der Waals surface area contributed by atoms with Crippen molar-refractivity contribution >= 4 is 5.90 Å². The predicted octanol–water partition coefficient (Wildman–Crippen LogP) is 2.37. The molecule has 0 aromatic heterocycles. The summed E-state index contributed by atoms with van der Waals surface area (Å²) in [4.78, 5) is 4.24. The van der Waals surface area contributed by atoms with Gasteiger partial charge in [0.1, 0.15) is 6.10 Å². The van der Waals surface area contributed by atoms with Crippen LogP contribution in [0.1, 0.15) is 12.5 Å². The molecule has 1 aromatic rings. The van der Waals surface area contributed by atoms with Crippen molar-refractivity contribution in [3.05, 3.63) is 48.2 Å². The molecule has 1 heterocycles. The molecule has 0 saturated carbocycles. The van der Waals surface area contributed by atoms with Crippen molar-refractivity contribution in [3.63, 3.8) is 0 Å². The summed E-state index contributed by atoms with van der Waals surface area (Å²) in [6, 6.07) is 9.85. The zero-order valence-electron chi connectivity index (χ0n) is 7.53. The number of benzene rings is 1. The Kier molecular flexibility index (Phi) is 1.89. The van der Waals surface area contributed by atoms with Crippen molar-refractivity contribution in [3.8, 4) is 0 Å². The van der Waals surface area contributed by atoms with Crippen molar-refractivity contribution < 1.29 is 4.74 Å². The summed E-state index contributed by atoms with van der Waals surface area (Å²) < 4.78 is 5.51. The molecule has 1 aliphatic heterocycles. The van der Waals surface area contributed by atoms with Gasteiger partial charge in [-0.25, -0.2) is 4.99 Å². The van der Waals surface area contributed by atoms with Crippen LogP contribution in [0.25, 0.3) is 0 Å². The van der Waals surface area contributed by atoms with Gasteiger partial charge in [0.05, 0.1) is 5.70 Å². The molecule has 1 unspecified atom stereocenters. The Labute approximate surface area is 77.6 Å². The smallest absolute Gasteiger partial charge is 0.221 e. The quantitative estimate of drug-likeness (QED) is 0.638. The van der Waals surface area contributed by atoms with Crippen molar-refractivity contribution in [1.82, 2.24) is 0 Å². The van der Waals surface area contributed by atoms with E-state index in [0.717, 1.165) is 11.3 Å². The number of ether oxygens (including phenoxy) is 1. The van der Waals surface area contributed by atoms with Gasteiger partial charge in [0, 0.05) is 5.56 Å². The lowest BCUT2D eigenvalue weighted by atomic mass is 10.2. The molecule has 0 aliphatic carbocycles. The first-order chi connectivity index (χ1) is 6.27. The number of nitrogens with zero attached hydrogens (tertiary/aromatic N) is 1. The van der Waals surface area contributed by atoms with E-state index in [-0.39, 0.29) is 6.10 Å². The molecule has 2 heteroatoms. The van der Waals surface area contributed by atoms with Crippen LogP contribution in [0, 0.1) is 0 Å². The van der Waals surface area contributed by atoms with Crippen molar-refractivity contribution in [2.24, 2.45) is 4.99 Å². The van der Waals surface area contributed by atoms with E-state index in [1.807, 2.05) is 37.3 Å². The Morgan fingerprint density at radius 3 is 2.54 bits per heavy atom. The van der Waals surface area contributed by atoms with Crippen LogP contribution < -0.4 is 0 Å². The summed E-state index contributed by atoms with van der Waals surface area (Å²) in [5.74, 6) is 0.679. The standard InChI is InChI=1S/C11H11NO/c1-8-9(2)13-11(12-8)10-6-4-3-5-7-10/h3-7,9H,1H2,2H3. The van der Waals surface area contributed by atoms with Gasteiger partial charge in [0.25, 0.3) is 0 Å². The van der Waals surface area contributed by atoms with Gasteiger partial charge in [-0.2, -0.15) is 0 Å². The Morgan fingerprint density at radius 2 is 2.00 bits per heavy atom. The van der Waals surface area contributed by atoms with E-state index < -0.39 is 0 Å². The number of hydrogen-bond acceptors (Lipinski definition) is 2. The van der Waals surface area contributed by atoms with Crippen LogP contribution in [0.5, 0.6) is 0 Å². The van der Waals surface area contributed by atoms with Gasteiger partial charge in [-0.05, 0) is 19.1 Å². The number of aliphatic imine (C=N–C) groups is 1. The molecule has 13 heavy (non-hydrogen) atoms. The zero-order valence-corrected chi connectivity index (χ0v) is 7.53. The Hall–Kier alpha value is -1.57. The van der Waals surface area contributed by atoms with E-state index in [2.05, 4.69) is 11.6 Å². The lowest BCUT2D eigenvalue weighted by Gasteiger charge is -2.04. The normalized spacial score (nSPS) is 21.2. The van der Waals surface area contributed by atoms with Gasteiger partial charge in [-0.1, -0.05) is 24.8 Å². The van der Waals surface area contributed by atoms with Crippen molar-refractivity contribution in [2.45, 2.75) is 13.0 Å². The van der Waals surface area contributed by atoms with Crippen LogP contribution in [0.4, 0.5) is 0 Å². The molecule has 1 atom stereocenters. The summed E-state index contributed by atoms with van der Waals surface area (Å²) in [6.07, 6.45) is 0.00945. The Morgan fingerprint density at radius 1 is 1.31 bits per heavy atom. The third-order valence-electron chi connectivity index (χ3n) is 2.02. The van der Waals surface area contributed by atoms with Gasteiger partial charge in [-0.3, -0.25) is 0 Å².